The maximum absolute atomic E-state index is 13.4. The van der Waals surface area contributed by atoms with Crippen LogP contribution in [-0.2, 0) is 0 Å². The molecule has 146 valence electrons. The lowest BCUT2D eigenvalue weighted by molar-refractivity contribution is 0.0950. The monoisotopic (exact) mass is 381 g/mol. The number of benzene rings is 1. The Morgan fingerprint density at radius 3 is 3.04 bits per heavy atom. The van der Waals surface area contributed by atoms with Crippen molar-refractivity contribution in [3.05, 3.63) is 41.6 Å². The van der Waals surface area contributed by atoms with E-state index in [1.807, 2.05) is 13.0 Å². The normalized spacial score (nSPS) is 18.4. The predicted octanol–water partition coefficient (Wildman–Crippen LogP) is 1.14. The van der Waals surface area contributed by atoms with Crippen LogP contribution in [0.4, 0.5) is 17.5 Å². The SMILES string of the molecule is CCNc1ncc2c(n1)N1CCC[C@H]1CN(c1cccc(C(=O)NN)c1)C2=O. The smallest absolute Gasteiger partial charge is 0.265 e. The average molecular weight is 381 g/mol. The summed E-state index contributed by atoms with van der Waals surface area (Å²) in [5.74, 6) is 5.88. The molecule has 2 aromatic rings. The highest BCUT2D eigenvalue weighted by Gasteiger charge is 2.37. The second-order valence-electron chi connectivity index (χ2n) is 6.89. The molecule has 1 saturated heterocycles. The second-order valence-corrected chi connectivity index (χ2v) is 6.89. The molecule has 28 heavy (non-hydrogen) atoms. The third kappa shape index (κ3) is 3.13. The number of nitrogens with two attached hydrogens (primary N) is 1. The number of fused-ring (bicyclic) bond motifs is 3. The van der Waals surface area contributed by atoms with E-state index in [1.54, 1.807) is 29.3 Å². The average Bonchev–Trinajstić information content (AvgIpc) is 3.15. The molecule has 2 aliphatic rings. The van der Waals surface area contributed by atoms with Gasteiger partial charge in [0, 0.05) is 43.1 Å². The minimum atomic E-state index is -0.398. The van der Waals surface area contributed by atoms with Crippen molar-refractivity contribution in [1.82, 2.24) is 15.4 Å². The fourth-order valence-corrected chi connectivity index (χ4v) is 3.85. The van der Waals surface area contributed by atoms with Crippen molar-refractivity contribution >= 4 is 29.3 Å². The third-order valence-corrected chi connectivity index (χ3v) is 5.17. The maximum atomic E-state index is 13.4. The number of amides is 2. The fourth-order valence-electron chi connectivity index (χ4n) is 3.85. The van der Waals surface area contributed by atoms with E-state index < -0.39 is 5.91 Å². The number of nitrogen functional groups attached to an aromatic ring is 1. The summed E-state index contributed by atoms with van der Waals surface area (Å²) in [7, 11) is 0. The molecular weight excluding hydrogens is 358 g/mol. The quantitative estimate of drug-likeness (QED) is 0.413. The standard InChI is InChI=1S/C19H23N7O2/c1-2-21-19-22-10-15-16(23-19)25-8-4-7-14(25)11-26(18(15)28)13-6-3-5-12(9-13)17(27)24-20/h3,5-6,9-10,14H,2,4,7-8,11,20H2,1H3,(H,24,27)(H,21,22,23)/t14-/m0/s1. The number of nitrogens with zero attached hydrogens (tertiary/aromatic N) is 4. The number of aromatic nitrogens is 2. The zero-order chi connectivity index (χ0) is 19.7. The Morgan fingerprint density at radius 1 is 1.39 bits per heavy atom. The highest BCUT2D eigenvalue weighted by atomic mass is 16.2. The molecule has 0 radical (unpaired) electrons. The fraction of sp³-hybridized carbons (Fsp3) is 0.368. The van der Waals surface area contributed by atoms with Gasteiger partial charge in [-0.15, -0.1) is 0 Å². The summed E-state index contributed by atoms with van der Waals surface area (Å²) in [6, 6.07) is 7.08. The van der Waals surface area contributed by atoms with Gasteiger partial charge in [0.25, 0.3) is 11.8 Å². The second kappa shape index (κ2) is 7.43. The highest BCUT2D eigenvalue weighted by molar-refractivity contribution is 6.10. The molecule has 9 nitrogen and oxygen atoms in total. The van der Waals surface area contributed by atoms with E-state index in [9.17, 15) is 9.59 Å². The van der Waals surface area contributed by atoms with Gasteiger partial charge in [0.05, 0.1) is 0 Å². The Bertz CT molecular complexity index is 917. The minimum Gasteiger partial charge on any atom is -0.354 e. The highest BCUT2D eigenvalue weighted by Crippen LogP contribution is 2.34. The number of hydrazine groups is 1. The number of nitrogens with one attached hydrogen (secondary N) is 2. The summed E-state index contributed by atoms with van der Waals surface area (Å²) in [5, 5.41) is 3.11. The van der Waals surface area contributed by atoms with E-state index in [1.165, 1.54) is 0 Å². The topological polar surface area (TPSA) is 116 Å². The summed E-state index contributed by atoms with van der Waals surface area (Å²) in [6.07, 6.45) is 3.61. The molecule has 0 aliphatic carbocycles. The molecule has 0 unspecified atom stereocenters. The van der Waals surface area contributed by atoms with Gasteiger partial charge >= 0.3 is 0 Å². The molecule has 2 aliphatic heterocycles. The molecule has 1 atom stereocenters. The van der Waals surface area contributed by atoms with E-state index in [0.717, 1.165) is 19.4 Å². The van der Waals surface area contributed by atoms with Gasteiger partial charge in [-0.3, -0.25) is 15.0 Å². The number of rotatable bonds is 4. The Labute approximate surface area is 162 Å². The summed E-state index contributed by atoms with van der Waals surface area (Å²) in [6.45, 7) is 4.07. The molecule has 1 fully saturated rings. The molecule has 1 aromatic heterocycles. The van der Waals surface area contributed by atoms with Crippen LogP contribution in [0.2, 0.25) is 0 Å². The van der Waals surface area contributed by atoms with Gasteiger partial charge in [0.1, 0.15) is 11.4 Å². The number of anilines is 3. The molecule has 0 bridgehead atoms. The van der Waals surface area contributed by atoms with E-state index in [-0.39, 0.29) is 11.9 Å². The van der Waals surface area contributed by atoms with Crippen LogP contribution in [0.15, 0.2) is 30.5 Å². The molecule has 9 heteroatoms. The molecular formula is C19H23N7O2. The van der Waals surface area contributed by atoms with Crippen LogP contribution in [0.25, 0.3) is 0 Å². The van der Waals surface area contributed by atoms with Crippen molar-refractivity contribution in [2.24, 2.45) is 5.84 Å². The van der Waals surface area contributed by atoms with Crippen molar-refractivity contribution in [2.45, 2.75) is 25.8 Å². The number of hydrogen-bond donors (Lipinski definition) is 3. The molecule has 0 saturated carbocycles. The Balaban J connectivity index is 1.77. The van der Waals surface area contributed by atoms with Crippen LogP contribution in [0.5, 0.6) is 0 Å². The van der Waals surface area contributed by atoms with Crippen LogP contribution < -0.4 is 26.4 Å². The molecule has 3 heterocycles. The molecule has 0 spiro atoms. The lowest BCUT2D eigenvalue weighted by Crippen LogP contribution is -2.40. The maximum Gasteiger partial charge on any atom is 0.265 e. The van der Waals surface area contributed by atoms with Gasteiger partial charge in [-0.1, -0.05) is 6.07 Å². The summed E-state index contributed by atoms with van der Waals surface area (Å²) >= 11 is 0. The Morgan fingerprint density at radius 2 is 2.25 bits per heavy atom. The zero-order valence-corrected chi connectivity index (χ0v) is 15.7. The number of hydrogen-bond acceptors (Lipinski definition) is 7. The lowest BCUT2D eigenvalue weighted by atomic mass is 10.1. The minimum absolute atomic E-state index is 0.168. The van der Waals surface area contributed by atoms with Gasteiger partial charge in [-0.25, -0.2) is 10.8 Å². The summed E-state index contributed by atoms with van der Waals surface area (Å²) in [4.78, 5) is 38.1. The van der Waals surface area contributed by atoms with Crippen molar-refractivity contribution < 1.29 is 9.59 Å². The molecule has 1 aromatic carbocycles. The van der Waals surface area contributed by atoms with Crippen molar-refractivity contribution in [2.75, 3.05) is 34.8 Å². The van der Waals surface area contributed by atoms with E-state index in [4.69, 9.17) is 5.84 Å². The number of carbonyl (C=O) groups is 2. The lowest BCUT2D eigenvalue weighted by Gasteiger charge is -2.27. The van der Waals surface area contributed by atoms with Crippen molar-refractivity contribution in [1.29, 1.82) is 0 Å². The molecule has 4 rings (SSSR count). The summed E-state index contributed by atoms with van der Waals surface area (Å²) < 4.78 is 0. The van der Waals surface area contributed by atoms with Gasteiger partial charge in [-0.2, -0.15) is 4.98 Å². The van der Waals surface area contributed by atoms with Gasteiger partial charge in [-0.05, 0) is 38.0 Å². The largest absolute Gasteiger partial charge is 0.354 e. The van der Waals surface area contributed by atoms with Crippen LogP contribution in [0, 0.1) is 0 Å². The third-order valence-electron chi connectivity index (χ3n) is 5.17. The van der Waals surface area contributed by atoms with Gasteiger partial charge in [0.15, 0.2) is 0 Å². The first-order valence-corrected chi connectivity index (χ1v) is 9.42. The van der Waals surface area contributed by atoms with Crippen molar-refractivity contribution in [3.63, 3.8) is 0 Å². The Kier molecular flexibility index (Phi) is 4.82. The van der Waals surface area contributed by atoms with Crippen LogP contribution in [0.1, 0.15) is 40.5 Å². The van der Waals surface area contributed by atoms with E-state index in [2.05, 4.69) is 25.6 Å². The summed E-state index contributed by atoms with van der Waals surface area (Å²) in [5.41, 5.74) is 3.66. The molecule has 4 N–H and O–H groups in total. The van der Waals surface area contributed by atoms with Crippen LogP contribution in [-0.4, -0.2) is 47.5 Å². The first-order chi connectivity index (χ1) is 13.6. The van der Waals surface area contributed by atoms with E-state index in [0.29, 0.717) is 41.7 Å². The first kappa shape index (κ1) is 18.2. The van der Waals surface area contributed by atoms with Gasteiger partial charge < -0.3 is 15.1 Å². The van der Waals surface area contributed by atoms with Crippen molar-refractivity contribution in [3.8, 4) is 0 Å². The molecule has 2 amide bonds. The van der Waals surface area contributed by atoms with E-state index >= 15 is 0 Å². The Hall–Kier alpha value is -3.20. The zero-order valence-electron chi connectivity index (χ0n) is 15.7. The van der Waals surface area contributed by atoms with Gasteiger partial charge in [0.2, 0.25) is 5.95 Å². The predicted molar refractivity (Wildman–Crippen MR) is 106 cm³/mol. The van der Waals surface area contributed by atoms with Crippen LogP contribution >= 0.6 is 0 Å². The van der Waals surface area contributed by atoms with Crippen LogP contribution in [0.3, 0.4) is 0 Å². The number of carbonyl (C=O) groups excluding carboxylic acids is 2. The first-order valence-electron chi connectivity index (χ1n) is 9.42.